The van der Waals surface area contributed by atoms with Crippen molar-refractivity contribution in [2.75, 3.05) is 33.2 Å². The Hall–Kier alpha value is -2.84. The van der Waals surface area contributed by atoms with Crippen LogP contribution < -0.4 is 0 Å². The van der Waals surface area contributed by atoms with Gasteiger partial charge in [-0.3, -0.25) is 9.59 Å². The van der Waals surface area contributed by atoms with E-state index < -0.39 is 6.09 Å². The first kappa shape index (κ1) is 28.7. The Labute approximate surface area is 244 Å². The first-order valence-electron chi connectivity index (χ1n) is 13.7. The molecule has 214 valence electrons. The van der Waals surface area contributed by atoms with E-state index >= 15 is 0 Å². The van der Waals surface area contributed by atoms with Gasteiger partial charge >= 0.3 is 6.09 Å². The predicted octanol–water partition coefficient (Wildman–Crippen LogP) is 5.73. The fourth-order valence-corrected chi connectivity index (χ4v) is 6.07. The molecule has 0 spiro atoms. The molecule has 0 unspecified atom stereocenters. The molecule has 5 rings (SSSR count). The molecule has 2 aliphatic heterocycles. The predicted molar refractivity (Wildman–Crippen MR) is 151 cm³/mol. The first-order valence-corrected chi connectivity index (χ1v) is 14.5. The van der Waals surface area contributed by atoms with Gasteiger partial charge in [-0.25, -0.2) is 9.18 Å². The van der Waals surface area contributed by atoms with Gasteiger partial charge in [0.05, 0.1) is 16.1 Å². The number of hydrogen-bond acceptors (Lipinski definition) is 4. The Kier molecular flexibility index (Phi) is 8.30. The van der Waals surface area contributed by atoms with Crippen molar-refractivity contribution in [3.05, 3.63) is 69.5 Å². The second-order valence-corrected chi connectivity index (χ2v) is 12.3. The van der Waals surface area contributed by atoms with Crippen molar-refractivity contribution in [3.63, 3.8) is 0 Å². The Bertz CT molecular complexity index is 1280. The number of nitrogens with zero attached hydrogens (tertiary/aromatic N) is 3. The van der Waals surface area contributed by atoms with Crippen molar-refractivity contribution in [3.8, 4) is 0 Å². The minimum atomic E-state index is -0.533. The zero-order valence-corrected chi connectivity index (χ0v) is 24.3. The smallest absolute Gasteiger partial charge is 0.410 e. The zero-order valence-electron chi connectivity index (χ0n) is 22.7. The number of likely N-dealkylation sites (tertiary alicyclic amines) is 2. The molecule has 1 aliphatic carbocycles. The number of halogens is 3. The van der Waals surface area contributed by atoms with E-state index in [1.54, 1.807) is 31.3 Å². The summed E-state index contributed by atoms with van der Waals surface area (Å²) in [7, 11) is 1.67. The number of amides is 3. The van der Waals surface area contributed by atoms with E-state index in [4.69, 9.17) is 27.9 Å². The van der Waals surface area contributed by atoms with E-state index in [0.29, 0.717) is 54.6 Å². The number of piperidine rings is 1. The average molecular weight is 591 g/mol. The van der Waals surface area contributed by atoms with Crippen LogP contribution in [0.2, 0.25) is 10.0 Å². The average Bonchev–Trinajstić information content (AvgIpc) is 3.56. The maximum Gasteiger partial charge on any atom is 0.410 e. The maximum absolute atomic E-state index is 13.7. The van der Waals surface area contributed by atoms with Crippen LogP contribution in [0.25, 0.3) is 0 Å². The fraction of sp³-hybridized carbons (Fsp3) is 0.500. The Morgan fingerprint density at radius 3 is 2.30 bits per heavy atom. The van der Waals surface area contributed by atoms with Gasteiger partial charge in [0.1, 0.15) is 12.4 Å². The maximum atomic E-state index is 13.7. The van der Waals surface area contributed by atoms with E-state index in [1.165, 1.54) is 17.0 Å². The minimum Gasteiger partial charge on any atom is -0.445 e. The van der Waals surface area contributed by atoms with Gasteiger partial charge in [0.25, 0.3) is 0 Å². The highest BCUT2D eigenvalue weighted by atomic mass is 35.5. The number of rotatable bonds is 6. The van der Waals surface area contributed by atoms with Crippen LogP contribution in [-0.4, -0.2) is 71.9 Å². The largest absolute Gasteiger partial charge is 0.445 e. The third-order valence-corrected chi connectivity index (χ3v) is 9.42. The standard InChI is InChI=1S/C30H34Cl2FN3O4/c1-30(11-12-30)28(38)35-13-9-20(10-14-35)27(37)36-16-23(21-5-8-24(31)25(32)15-21)26(17-36)34(2)29(39)40-18-19-3-6-22(33)7-4-19/h3-8,15,20,23,26H,9-14,16-18H2,1-2H3/t23-,26+/m1/s1. The second kappa shape index (κ2) is 11.6. The molecule has 0 bridgehead atoms. The third kappa shape index (κ3) is 6.08. The molecular formula is C30H34Cl2FN3O4. The van der Waals surface area contributed by atoms with Crippen molar-refractivity contribution in [1.82, 2.24) is 14.7 Å². The van der Waals surface area contributed by atoms with Gasteiger partial charge in [0, 0.05) is 50.5 Å². The molecule has 40 heavy (non-hydrogen) atoms. The van der Waals surface area contributed by atoms with Crippen LogP contribution in [0.4, 0.5) is 9.18 Å². The Morgan fingerprint density at radius 1 is 1.00 bits per heavy atom. The lowest BCUT2D eigenvalue weighted by atomic mass is 9.93. The highest BCUT2D eigenvalue weighted by Crippen LogP contribution is 2.47. The Balaban J connectivity index is 1.27. The summed E-state index contributed by atoms with van der Waals surface area (Å²) in [5.41, 5.74) is 1.35. The van der Waals surface area contributed by atoms with Crippen LogP contribution in [0, 0.1) is 17.2 Å². The molecular weight excluding hydrogens is 556 g/mol. The van der Waals surface area contributed by atoms with Crippen molar-refractivity contribution in [1.29, 1.82) is 0 Å². The van der Waals surface area contributed by atoms with Crippen LogP contribution in [-0.2, 0) is 20.9 Å². The van der Waals surface area contributed by atoms with Crippen LogP contribution in [0.1, 0.15) is 49.7 Å². The lowest BCUT2D eigenvalue weighted by molar-refractivity contribution is -0.142. The van der Waals surface area contributed by atoms with Crippen LogP contribution >= 0.6 is 23.2 Å². The lowest BCUT2D eigenvalue weighted by Gasteiger charge is -2.34. The summed E-state index contributed by atoms with van der Waals surface area (Å²) in [6.45, 7) is 3.98. The molecule has 0 radical (unpaired) electrons. The van der Waals surface area contributed by atoms with Crippen molar-refractivity contribution >= 4 is 41.1 Å². The first-order chi connectivity index (χ1) is 19.1. The Morgan fingerprint density at radius 2 is 1.68 bits per heavy atom. The summed E-state index contributed by atoms with van der Waals surface area (Å²) in [6, 6.07) is 10.8. The molecule has 2 aromatic rings. The van der Waals surface area contributed by atoms with Gasteiger partial charge < -0.3 is 19.4 Å². The fourth-order valence-electron chi connectivity index (χ4n) is 5.76. The normalized spacial score (nSPS) is 22.2. The number of ether oxygens (including phenoxy) is 1. The molecule has 2 saturated heterocycles. The van der Waals surface area contributed by atoms with Gasteiger partial charge in [-0.15, -0.1) is 0 Å². The topological polar surface area (TPSA) is 70.2 Å². The number of benzene rings is 2. The quantitative estimate of drug-likeness (QED) is 0.431. The summed E-state index contributed by atoms with van der Waals surface area (Å²) in [6.07, 6.45) is 2.61. The molecule has 2 aromatic carbocycles. The monoisotopic (exact) mass is 589 g/mol. The second-order valence-electron chi connectivity index (χ2n) is 11.5. The van der Waals surface area contributed by atoms with Crippen molar-refractivity contribution in [2.45, 2.75) is 51.2 Å². The number of hydrogen-bond donors (Lipinski definition) is 0. The van der Waals surface area contributed by atoms with Crippen LogP contribution in [0.3, 0.4) is 0 Å². The number of carbonyl (C=O) groups excluding carboxylic acids is 3. The molecule has 2 heterocycles. The van der Waals surface area contributed by atoms with Gasteiger partial charge in [0.2, 0.25) is 11.8 Å². The van der Waals surface area contributed by atoms with E-state index in [9.17, 15) is 18.8 Å². The number of carbonyl (C=O) groups is 3. The minimum absolute atomic E-state index is 0.00655. The van der Waals surface area contributed by atoms with E-state index in [2.05, 4.69) is 0 Å². The van der Waals surface area contributed by atoms with Crippen molar-refractivity contribution in [2.24, 2.45) is 11.3 Å². The molecule has 3 amide bonds. The molecule has 2 atom stereocenters. The van der Waals surface area contributed by atoms with Crippen LogP contribution in [0.15, 0.2) is 42.5 Å². The molecule has 3 fully saturated rings. The summed E-state index contributed by atoms with van der Waals surface area (Å²) < 4.78 is 18.8. The third-order valence-electron chi connectivity index (χ3n) is 8.68. The summed E-state index contributed by atoms with van der Waals surface area (Å²) in [5.74, 6) is -0.467. The van der Waals surface area contributed by atoms with Crippen LogP contribution in [0.5, 0.6) is 0 Å². The van der Waals surface area contributed by atoms with Crippen molar-refractivity contribution < 1.29 is 23.5 Å². The van der Waals surface area contributed by atoms with E-state index in [0.717, 1.165) is 18.4 Å². The molecule has 0 N–H and O–H groups in total. The van der Waals surface area contributed by atoms with Gasteiger partial charge in [-0.1, -0.05) is 48.3 Å². The van der Waals surface area contributed by atoms with E-state index in [1.807, 2.05) is 22.8 Å². The highest BCUT2D eigenvalue weighted by Gasteiger charge is 2.48. The van der Waals surface area contributed by atoms with Gasteiger partial charge in [-0.2, -0.15) is 0 Å². The van der Waals surface area contributed by atoms with Gasteiger partial charge in [0.15, 0.2) is 0 Å². The molecule has 10 heteroatoms. The lowest BCUT2D eigenvalue weighted by Crippen LogP contribution is -2.46. The summed E-state index contributed by atoms with van der Waals surface area (Å²) in [4.78, 5) is 44.8. The number of likely N-dealkylation sites (N-methyl/N-ethyl adjacent to an activating group) is 1. The molecule has 0 aromatic heterocycles. The molecule has 3 aliphatic rings. The highest BCUT2D eigenvalue weighted by molar-refractivity contribution is 6.42. The molecule has 7 nitrogen and oxygen atoms in total. The van der Waals surface area contributed by atoms with E-state index in [-0.39, 0.29) is 47.5 Å². The van der Waals surface area contributed by atoms with Gasteiger partial charge in [-0.05, 0) is 61.1 Å². The SMILES string of the molecule is CN(C(=O)OCc1ccc(F)cc1)[C@H]1CN(C(=O)C2CCN(C(=O)C3(C)CC3)CC2)C[C@@H]1c1ccc(Cl)c(Cl)c1. The summed E-state index contributed by atoms with van der Waals surface area (Å²) in [5, 5.41) is 0.840. The zero-order chi connectivity index (χ0) is 28.6. The molecule has 1 saturated carbocycles. The summed E-state index contributed by atoms with van der Waals surface area (Å²) >= 11 is 12.5.